The molecule has 0 aliphatic carbocycles. The number of nitrogens with one attached hydrogen (secondary N) is 1. The third kappa shape index (κ3) is 6.16. The van der Waals surface area contributed by atoms with Crippen molar-refractivity contribution in [1.29, 1.82) is 0 Å². The predicted octanol–water partition coefficient (Wildman–Crippen LogP) is 5.74. The maximum absolute atomic E-state index is 13.6. The van der Waals surface area contributed by atoms with Crippen LogP contribution >= 0.6 is 11.6 Å². The summed E-state index contributed by atoms with van der Waals surface area (Å²) in [4.78, 5) is 13.3. The highest BCUT2D eigenvalue weighted by Gasteiger charge is 2.28. The zero-order chi connectivity index (χ0) is 25.8. The maximum atomic E-state index is 13.6. The van der Waals surface area contributed by atoms with Crippen LogP contribution in [0.15, 0.2) is 65.6 Å². The Bertz CT molecular complexity index is 1310. The summed E-state index contributed by atoms with van der Waals surface area (Å²) >= 11 is 5.96. The summed E-state index contributed by atoms with van der Waals surface area (Å²) in [6, 6.07) is 16.7. The first kappa shape index (κ1) is 26.6. The van der Waals surface area contributed by atoms with Crippen LogP contribution in [-0.2, 0) is 14.8 Å². The number of methoxy groups -OCH3 is 1. The van der Waals surface area contributed by atoms with Crippen LogP contribution in [0.1, 0.15) is 41.6 Å². The van der Waals surface area contributed by atoms with Crippen molar-refractivity contribution in [1.82, 2.24) is 5.32 Å². The fraction of sp³-hybridized carbons (Fsp3) is 0.296. The molecule has 3 aromatic rings. The minimum Gasteiger partial charge on any atom is -0.496 e. The van der Waals surface area contributed by atoms with E-state index in [1.807, 2.05) is 52.0 Å². The molecule has 0 radical (unpaired) electrons. The van der Waals surface area contributed by atoms with E-state index < -0.39 is 15.9 Å². The Kier molecular flexibility index (Phi) is 8.46. The van der Waals surface area contributed by atoms with Gasteiger partial charge in [0.2, 0.25) is 5.91 Å². The quantitative estimate of drug-likeness (QED) is 0.395. The molecule has 0 saturated heterocycles. The van der Waals surface area contributed by atoms with Gasteiger partial charge >= 0.3 is 0 Å². The molecule has 6 nitrogen and oxygen atoms in total. The maximum Gasteiger partial charge on any atom is 0.264 e. The van der Waals surface area contributed by atoms with E-state index in [4.69, 9.17) is 16.3 Å². The number of ether oxygens (including phenoxy) is 1. The van der Waals surface area contributed by atoms with E-state index in [1.54, 1.807) is 19.2 Å². The highest BCUT2D eigenvalue weighted by atomic mass is 35.5. The van der Waals surface area contributed by atoms with Gasteiger partial charge < -0.3 is 10.1 Å². The van der Waals surface area contributed by atoms with Crippen LogP contribution in [0, 0.1) is 20.8 Å². The molecular weight excluding hydrogens is 484 g/mol. The number of hydrogen-bond donors (Lipinski definition) is 1. The molecule has 0 heterocycles. The summed E-state index contributed by atoms with van der Waals surface area (Å²) in [6.07, 6.45) is 0.644. The van der Waals surface area contributed by atoms with Crippen molar-refractivity contribution in [2.24, 2.45) is 0 Å². The van der Waals surface area contributed by atoms with Gasteiger partial charge in [-0.15, -0.1) is 0 Å². The normalized spacial score (nSPS) is 12.2. The number of rotatable bonds is 9. The number of benzene rings is 3. The number of sulfonamides is 1. The number of nitrogens with zero attached hydrogens (tertiary/aromatic N) is 1. The van der Waals surface area contributed by atoms with E-state index in [9.17, 15) is 13.2 Å². The third-order valence-electron chi connectivity index (χ3n) is 6.03. The summed E-state index contributed by atoms with van der Waals surface area (Å²) in [5.74, 6) is 0.367. The van der Waals surface area contributed by atoms with E-state index in [0.29, 0.717) is 17.1 Å². The second-order valence-corrected chi connectivity index (χ2v) is 10.8. The molecule has 0 spiro atoms. The topological polar surface area (TPSA) is 75.7 Å². The molecule has 186 valence electrons. The number of hydrogen-bond acceptors (Lipinski definition) is 4. The van der Waals surface area contributed by atoms with Gasteiger partial charge in [0.15, 0.2) is 0 Å². The zero-order valence-corrected chi connectivity index (χ0v) is 22.2. The number of aryl methyl sites for hydroxylation is 3. The summed E-state index contributed by atoms with van der Waals surface area (Å²) in [5.41, 5.74) is 4.27. The number of carbonyl (C=O) groups excluding carboxylic acids is 1. The van der Waals surface area contributed by atoms with Crippen molar-refractivity contribution in [3.05, 3.63) is 87.9 Å². The Hall–Kier alpha value is -3.03. The van der Waals surface area contributed by atoms with E-state index in [2.05, 4.69) is 5.32 Å². The van der Waals surface area contributed by atoms with Gasteiger partial charge in [0.25, 0.3) is 10.0 Å². The average Bonchev–Trinajstić information content (AvgIpc) is 2.83. The van der Waals surface area contributed by atoms with Crippen LogP contribution < -0.4 is 14.4 Å². The molecule has 0 bridgehead atoms. The van der Waals surface area contributed by atoms with E-state index >= 15 is 0 Å². The van der Waals surface area contributed by atoms with Gasteiger partial charge in [0, 0.05) is 5.02 Å². The molecule has 3 rings (SSSR count). The minimum atomic E-state index is -4.02. The fourth-order valence-electron chi connectivity index (χ4n) is 3.84. The summed E-state index contributed by atoms with van der Waals surface area (Å²) < 4.78 is 33.7. The standard InChI is InChI=1S/C27H31ClN2O4S/c1-6-25(21-8-14-26(34-5)20(4)15-21)29-27(31)17-30(23-11-7-18(2)19(3)16-23)35(32,33)24-12-9-22(28)10-13-24/h7-16,25H,6,17H2,1-5H3,(H,29,31)/t25-/m0/s1. The number of carbonyl (C=O) groups is 1. The van der Waals surface area contributed by atoms with Gasteiger partial charge in [0.1, 0.15) is 12.3 Å². The van der Waals surface area contributed by atoms with Crippen molar-refractivity contribution in [3.8, 4) is 5.75 Å². The number of anilines is 1. The first-order valence-corrected chi connectivity index (χ1v) is 13.2. The van der Waals surface area contributed by atoms with Gasteiger partial charge in [-0.05, 0) is 91.9 Å². The molecule has 3 aromatic carbocycles. The zero-order valence-electron chi connectivity index (χ0n) is 20.6. The Morgan fingerprint density at radius 1 is 0.971 bits per heavy atom. The van der Waals surface area contributed by atoms with Gasteiger partial charge in [-0.3, -0.25) is 9.10 Å². The van der Waals surface area contributed by atoms with Gasteiger partial charge in [-0.25, -0.2) is 8.42 Å². The highest BCUT2D eigenvalue weighted by molar-refractivity contribution is 7.92. The Morgan fingerprint density at radius 2 is 1.66 bits per heavy atom. The van der Waals surface area contributed by atoms with Crippen molar-refractivity contribution in [3.63, 3.8) is 0 Å². The summed E-state index contributed by atoms with van der Waals surface area (Å²) in [5, 5.41) is 3.43. The molecule has 1 amide bonds. The third-order valence-corrected chi connectivity index (χ3v) is 8.07. The number of amides is 1. The van der Waals surface area contributed by atoms with Crippen molar-refractivity contribution in [2.75, 3.05) is 18.0 Å². The summed E-state index contributed by atoms with van der Waals surface area (Å²) in [7, 11) is -2.41. The molecule has 0 saturated carbocycles. The lowest BCUT2D eigenvalue weighted by atomic mass is 10.0. The molecule has 35 heavy (non-hydrogen) atoms. The molecule has 0 unspecified atom stereocenters. The molecule has 0 fully saturated rings. The fourth-order valence-corrected chi connectivity index (χ4v) is 5.38. The molecular formula is C27H31ClN2O4S. The molecule has 0 aliphatic rings. The lowest BCUT2D eigenvalue weighted by Gasteiger charge is -2.26. The first-order valence-electron chi connectivity index (χ1n) is 11.4. The smallest absolute Gasteiger partial charge is 0.264 e. The van der Waals surface area contributed by atoms with E-state index in [0.717, 1.165) is 32.3 Å². The Morgan fingerprint density at radius 3 is 2.23 bits per heavy atom. The first-order chi connectivity index (χ1) is 16.6. The van der Waals surface area contributed by atoms with Gasteiger partial charge in [-0.1, -0.05) is 36.7 Å². The van der Waals surface area contributed by atoms with Crippen molar-refractivity contribution < 1.29 is 17.9 Å². The van der Waals surface area contributed by atoms with Crippen molar-refractivity contribution in [2.45, 2.75) is 45.1 Å². The second-order valence-electron chi connectivity index (χ2n) is 8.49. The average molecular weight is 515 g/mol. The molecule has 1 N–H and O–H groups in total. The minimum absolute atomic E-state index is 0.0609. The van der Waals surface area contributed by atoms with Crippen LogP contribution in [0.5, 0.6) is 5.75 Å². The Labute approximate surface area is 212 Å². The largest absolute Gasteiger partial charge is 0.496 e. The van der Waals surface area contributed by atoms with Crippen LogP contribution in [0.3, 0.4) is 0 Å². The SMILES string of the molecule is CC[C@H](NC(=O)CN(c1ccc(C)c(C)c1)S(=O)(=O)c1ccc(Cl)cc1)c1ccc(OC)c(C)c1. The van der Waals surface area contributed by atoms with Crippen LogP contribution in [0.25, 0.3) is 0 Å². The van der Waals surface area contributed by atoms with Crippen LogP contribution in [0.4, 0.5) is 5.69 Å². The van der Waals surface area contributed by atoms with E-state index in [-0.39, 0.29) is 17.5 Å². The second kappa shape index (κ2) is 11.1. The monoisotopic (exact) mass is 514 g/mol. The predicted molar refractivity (Wildman–Crippen MR) is 141 cm³/mol. The molecule has 1 atom stereocenters. The van der Waals surface area contributed by atoms with Gasteiger partial charge in [0.05, 0.1) is 23.7 Å². The summed E-state index contributed by atoms with van der Waals surface area (Å²) in [6.45, 7) is 7.41. The van der Waals surface area contributed by atoms with Crippen LogP contribution in [-0.4, -0.2) is 28.0 Å². The molecule has 0 aliphatic heterocycles. The van der Waals surface area contributed by atoms with Crippen molar-refractivity contribution >= 4 is 33.2 Å². The highest BCUT2D eigenvalue weighted by Crippen LogP contribution is 2.28. The lowest BCUT2D eigenvalue weighted by molar-refractivity contribution is -0.120. The number of halogens is 1. The Balaban J connectivity index is 1.93. The van der Waals surface area contributed by atoms with Gasteiger partial charge in [-0.2, -0.15) is 0 Å². The van der Waals surface area contributed by atoms with Crippen LogP contribution in [0.2, 0.25) is 5.02 Å². The molecule has 8 heteroatoms. The molecule has 0 aromatic heterocycles. The lowest BCUT2D eigenvalue weighted by Crippen LogP contribution is -2.42. The van der Waals surface area contributed by atoms with E-state index in [1.165, 1.54) is 24.3 Å².